The second-order valence-corrected chi connectivity index (χ2v) is 4.87. The van der Waals surface area contributed by atoms with Crippen molar-refractivity contribution in [3.8, 4) is 0 Å². The van der Waals surface area contributed by atoms with E-state index in [0.717, 1.165) is 19.6 Å². The van der Waals surface area contributed by atoms with E-state index in [1.54, 1.807) is 6.20 Å². The summed E-state index contributed by atoms with van der Waals surface area (Å²) in [6, 6.07) is 0.460. The molecule has 1 aliphatic rings. The van der Waals surface area contributed by atoms with Gasteiger partial charge < -0.3 is 10.6 Å². The van der Waals surface area contributed by atoms with Crippen LogP contribution in [0.4, 0.5) is 5.13 Å². The predicted octanol–water partition coefficient (Wildman–Crippen LogP) is 0.375. The van der Waals surface area contributed by atoms with E-state index in [9.17, 15) is 4.79 Å². The van der Waals surface area contributed by atoms with Gasteiger partial charge in [0.05, 0.1) is 6.54 Å². The lowest BCUT2D eigenvalue weighted by Gasteiger charge is -2.31. The zero-order valence-corrected chi connectivity index (χ0v) is 10.1. The molecule has 2 rings (SSSR count). The van der Waals surface area contributed by atoms with Crippen molar-refractivity contribution in [2.45, 2.75) is 13.0 Å². The summed E-state index contributed by atoms with van der Waals surface area (Å²) in [7, 11) is 0. The number of carbonyl (C=O) groups is 1. The molecule has 2 N–H and O–H groups in total. The molecule has 5 nitrogen and oxygen atoms in total. The van der Waals surface area contributed by atoms with Crippen molar-refractivity contribution in [3.63, 3.8) is 0 Å². The smallest absolute Gasteiger partial charge is 0.240 e. The molecule has 0 bridgehead atoms. The van der Waals surface area contributed by atoms with E-state index >= 15 is 0 Å². The van der Waals surface area contributed by atoms with E-state index in [2.05, 4.69) is 27.4 Å². The number of amides is 1. The molecule has 0 spiro atoms. The number of rotatable bonds is 3. The van der Waals surface area contributed by atoms with Gasteiger partial charge in [-0.15, -0.1) is 11.3 Å². The number of nitrogens with zero attached hydrogens (tertiary/aromatic N) is 2. The molecule has 0 saturated carbocycles. The monoisotopic (exact) mass is 240 g/mol. The van der Waals surface area contributed by atoms with Gasteiger partial charge >= 0.3 is 0 Å². The average molecular weight is 240 g/mol. The Morgan fingerprint density at radius 1 is 1.81 bits per heavy atom. The SMILES string of the molecule is C[C@@H]1CN(CC(=O)Nc2nccs2)CCN1. The molecule has 1 aliphatic heterocycles. The molecule has 1 aromatic rings. The largest absolute Gasteiger partial charge is 0.312 e. The lowest BCUT2D eigenvalue weighted by Crippen LogP contribution is -2.51. The zero-order chi connectivity index (χ0) is 11.4. The Morgan fingerprint density at radius 3 is 3.38 bits per heavy atom. The molecule has 0 aromatic carbocycles. The number of hydrogen-bond acceptors (Lipinski definition) is 5. The fourth-order valence-electron chi connectivity index (χ4n) is 1.80. The Hall–Kier alpha value is -0.980. The standard InChI is InChI=1S/C10H16N4OS/c1-8-6-14(4-2-11-8)7-9(15)13-10-12-3-5-16-10/h3,5,8,11H,2,4,6-7H2,1H3,(H,12,13,15)/t8-/m1/s1. The van der Waals surface area contributed by atoms with Crippen LogP contribution in [0.2, 0.25) is 0 Å². The lowest BCUT2D eigenvalue weighted by molar-refractivity contribution is -0.117. The van der Waals surface area contributed by atoms with Crippen molar-refractivity contribution in [1.29, 1.82) is 0 Å². The molecule has 0 unspecified atom stereocenters. The molecule has 1 saturated heterocycles. The molecule has 0 aliphatic carbocycles. The lowest BCUT2D eigenvalue weighted by atomic mass is 10.2. The van der Waals surface area contributed by atoms with Crippen molar-refractivity contribution in [3.05, 3.63) is 11.6 Å². The first-order valence-electron chi connectivity index (χ1n) is 5.39. The third-order valence-corrected chi connectivity index (χ3v) is 3.19. The van der Waals surface area contributed by atoms with Crippen LogP contribution < -0.4 is 10.6 Å². The highest BCUT2D eigenvalue weighted by Gasteiger charge is 2.18. The van der Waals surface area contributed by atoms with Gasteiger partial charge in [-0.2, -0.15) is 0 Å². The van der Waals surface area contributed by atoms with Crippen LogP contribution in [0, 0.1) is 0 Å². The highest BCUT2D eigenvalue weighted by Crippen LogP contribution is 2.10. The summed E-state index contributed by atoms with van der Waals surface area (Å²) in [5, 5.41) is 8.66. The number of thiazole rings is 1. The van der Waals surface area contributed by atoms with Crippen molar-refractivity contribution in [2.75, 3.05) is 31.5 Å². The molecule has 1 fully saturated rings. The maximum absolute atomic E-state index is 11.7. The van der Waals surface area contributed by atoms with Gasteiger partial charge in [0.25, 0.3) is 0 Å². The summed E-state index contributed by atoms with van der Waals surface area (Å²) < 4.78 is 0. The van der Waals surface area contributed by atoms with Crippen LogP contribution in [0.5, 0.6) is 0 Å². The minimum absolute atomic E-state index is 0.0176. The molecule has 0 radical (unpaired) electrons. The molecule has 16 heavy (non-hydrogen) atoms. The second-order valence-electron chi connectivity index (χ2n) is 3.98. The number of piperazine rings is 1. The number of hydrogen-bond donors (Lipinski definition) is 2. The van der Waals surface area contributed by atoms with Gasteiger partial charge in [-0.3, -0.25) is 9.69 Å². The third-order valence-electron chi connectivity index (χ3n) is 2.50. The number of anilines is 1. The number of nitrogens with one attached hydrogen (secondary N) is 2. The molecule has 88 valence electrons. The predicted molar refractivity (Wildman–Crippen MR) is 64.6 cm³/mol. The first-order valence-corrected chi connectivity index (χ1v) is 6.27. The Balaban J connectivity index is 1.78. The summed E-state index contributed by atoms with van der Waals surface area (Å²) in [5.41, 5.74) is 0. The number of carbonyl (C=O) groups excluding carboxylic acids is 1. The number of aromatic nitrogens is 1. The minimum atomic E-state index is 0.0176. The molecule has 1 amide bonds. The molecule has 1 atom stereocenters. The zero-order valence-electron chi connectivity index (χ0n) is 9.27. The Bertz CT molecular complexity index is 341. The van der Waals surface area contributed by atoms with E-state index in [-0.39, 0.29) is 5.91 Å². The molecular weight excluding hydrogens is 224 g/mol. The fourth-order valence-corrected chi connectivity index (χ4v) is 2.35. The molecular formula is C10H16N4OS. The molecule has 1 aromatic heterocycles. The Labute approximate surface area is 98.9 Å². The van der Waals surface area contributed by atoms with Crippen molar-refractivity contribution >= 4 is 22.4 Å². The maximum atomic E-state index is 11.7. The quantitative estimate of drug-likeness (QED) is 0.802. The summed E-state index contributed by atoms with van der Waals surface area (Å²) in [5.74, 6) is 0.0176. The van der Waals surface area contributed by atoms with Gasteiger partial charge in [0.2, 0.25) is 5.91 Å². The van der Waals surface area contributed by atoms with Crippen LogP contribution in [0.15, 0.2) is 11.6 Å². The van der Waals surface area contributed by atoms with Gasteiger partial charge in [0.15, 0.2) is 5.13 Å². The van der Waals surface area contributed by atoms with Gasteiger partial charge in [0.1, 0.15) is 0 Å². The van der Waals surface area contributed by atoms with Gasteiger partial charge in [-0.05, 0) is 6.92 Å². The van der Waals surface area contributed by atoms with Crippen molar-refractivity contribution < 1.29 is 4.79 Å². The molecule has 2 heterocycles. The van der Waals surface area contributed by atoms with Crippen molar-refractivity contribution in [1.82, 2.24) is 15.2 Å². The normalized spacial score (nSPS) is 21.9. The van der Waals surface area contributed by atoms with Crippen LogP contribution in [0.25, 0.3) is 0 Å². The summed E-state index contributed by atoms with van der Waals surface area (Å²) >= 11 is 1.44. The topological polar surface area (TPSA) is 57.3 Å². The Morgan fingerprint density at radius 2 is 2.69 bits per heavy atom. The van der Waals surface area contributed by atoms with E-state index in [0.29, 0.717) is 17.7 Å². The van der Waals surface area contributed by atoms with Crippen molar-refractivity contribution in [2.24, 2.45) is 0 Å². The molecule has 6 heteroatoms. The third kappa shape index (κ3) is 3.26. The summed E-state index contributed by atoms with van der Waals surface area (Å²) in [6.07, 6.45) is 1.69. The van der Waals surface area contributed by atoms with Crippen LogP contribution in [0.3, 0.4) is 0 Å². The van der Waals surface area contributed by atoms with E-state index in [1.165, 1.54) is 11.3 Å². The van der Waals surface area contributed by atoms with Crippen LogP contribution in [-0.2, 0) is 4.79 Å². The van der Waals surface area contributed by atoms with Crippen LogP contribution in [-0.4, -0.2) is 48.0 Å². The summed E-state index contributed by atoms with van der Waals surface area (Å²) in [4.78, 5) is 17.9. The first kappa shape index (κ1) is 11.5. The highest BCUT2D eigenvalue weighted by atomic mass is 32.1. The van der Waals surface area contributed by atoms with Gasteiger partial charge in [0, 0.05) is 37.3 Å². The minimum Gasteiger partial charge on any atom is -0.312 e. The van der Waals surface area contributed by atoms with Gasteiger partial charge in [-0.1, -0.05) is 0 Å². The van der Waals surface area contributed by atoms with Crippen LogP contribution in [0.1, 0.15) is 6.92 Å². The Kier molecular flexibility index (Phi) is 3.87. The van der Waals surface area contributed by atoms with E-state index in [4.69, 9.17) is 0 Å². The van der Waals surface area contributed by atoms with E-state index in [1.807, 2.05) is 5.38 Å². The van der Waals surface area contributed by atoms with Crippen LogP contribution >= 0.6 is 11.3 Å². The maximum Gasteiger partial charge on any atom is 0.240 e. The highest BCUT2D eigenvalue weighted by molar-refractivity contribution is 7.13. The van der Waals surface area contributed by atoms with E-state index < -0.39 is 0 Å². The second kappa shape index (κ2) is 5.38. The first-order chi connectivity index (χ1) is 7.74. The average Bonchev–Trinajstić information content (AvgIpc) is 2.70. The van der Waals surface area contributed by atoms with Gasteiger partial charge in [-0.25, -0.2) is 4.98 Å². The fraction of sp³-hybridized carbons (Fsp3) is 0.600. The summed E-state index contributed by atoms with van der Waals surface area (Å²) in [6.45, 7) is 5.38.